The van der Waals surface area contributed by atoms with Crippen molar-refractivity contribution in [3.8, 4) is 5.75 Å². The summed E-state index contributed by atoms with van der Waals surface area (Å²) in [6, 6.07) is 12.2. The van der Waals surface area contributed by atoms with Crippen molar-refractivity contribution < 1.29 is 4.74 Å². The van der Waals surface area contributed by atoms with Gasteiger partial charge in [-0.05, 0) is 79.9 Å². The topological polar surface area (TPSA) is 21.3 Å². The van der Waals surface area contributed by atoms with Crippen LogP contribution in [-0.4, -0.2) is 5.54 Å². The van der Waals surface area contributed by atoms with E-state index in [0.717, 1.165) is 29.3 Å². The molecule has 4 aliphatic carbocycles. The van der Waals surface area contributed by atoms with Crippen LogP contribution in [0.1, 0.15) is 69.1 Å². The molecule has 2 atom stereocenters. The molecule has 6 rings (SSSR count). The van der Waals surface area contributed by atoms with E-state index in [1.54, 1.807) is 6.07 Å². The molecule has 1 N–H and O–H groups in total. The molecule has 31 heavy (non-hydrogen) atoms. The second-order valence-electron chi connectivity index (χ2n) is 11.4. The lowest BCUT2D eigenvalue weighted by atomic mass is 9.43. The average molecular weight is 458 g/mol. The van der Waals surface area contributed by atoms with Gasteiger partial charge in [-0.2, -0.15) is 0 Å². The third-order valence-corrected chi connectivity index (χ3v) is 8.37. The van der Waals surface area contributed by atoms with E-state index in [0.29, 0.717) is 27.5 Å². The highest BCUT2D eigenvalue weighted by Gasteiger charge is 2.59. The fourth-order valence-corrected chi connectivity index (χ4v) is 8.26. The summed E-state index contributed by atoms with van der Waals surface area (Å²) in [6.45, 7) is 8.35. The molecule has 0 spiro atoms. The summed E-state index contributed by atoms with van der Waals surface area (Å²) in [5.41, 5.74) is 4.63. The van der Waals surface area contributed by atoms with Gasteiger partial charge in [0.2, 0.25) is 0 Å². The zero-order valence-electron chi connectivity index (χ0n) is 18.9. The van der Waals surface area contributed by atoms with Crippen molar-refractivity contribution in [3.63, 3.8) is 0 Å². The number of hydrogen-bond donors (Lipinski definition) is 1. The molecule has 0 radical (unpaired) electrons. The SMILES string of the molecule is Cc1ccc(COc2c(Cl)cc(Cl)cc2CNC23CC4CC(C)(CC(C)(C4)C2)C3)cc1. The average Bonchev–Trinajstić information content (AvgIpc) is 2.64. The van der Waals surface area contributed by atoms with Gasteiger partial charge in [-0.1, -0.05) is 66.9 Å². The highest BCUT2D eigenvalue weighted by molar-refractivity contribution is 6.35. The Labute approximate surface area is 196 Å². The Kier molecular flexibility index (Phi) is 5.35. The molecule has 0 aromatic heterocycles. The summed E-state index contributed by atoms with van der Waals surface area (Å²) in [5, 5.41) is 5.24. The van der Waals surface area contributed by atoms with Gasteiger partial charge in [0.15, 0.2) is 0 Å². The van der Waals surface area contributed by atoms with Crippen molar-refractivity contribution in [2.24, 2.45) is 16.7 Å². The second kappa shape index (κ2) is 7.68. The zero-order valence-corrected chi connectivity index (χ0v) is 20.4. The van der Waals surface area contributed by atoms with E-state index >= 15 is 0 Å². The molecule has 2 nitrogen and oxygen atoms in total. The third kappa shape index (κ3) is 4.36. The molecule has 4 bridgehead atoms. The molecule has 4 saturated carbocycles. The van der Waals surface area contributed by atoms with Crippen LogP contribution in [0.25, 0.3) is 0 Å². The smallest absolute Gasteiger partial charge is 0.142 e. The number of halogens is 2. The minimum Gasteiger partial charge on any atom is -0.487 e. The van der Waals surface area contributed by atoms with Gasteiger partial charge in [-0.3, -0.25) is 0 Å². The molecular weight excluding hydrogens is 425 g/mol. The number of rotatable bonds is 6. The first-order chi connectivity index (χ1) is 14.6. The van der Waals surface area contributed by atoms with Crippen LogP contribution in [-0.2, 0) is 13.2 Å². The summed E-state index contributed by atoms with van der Waals surface area (Å²) in [7, 11) is 0. The predicted molar refractivity (Wildman–Crippen MR) is 129 cm³/mol. The van der Waals surface area contributed by atoms with E-state index in [9.17, 15) is 0 Å². The minimum atomic E-state index is 0.228. The Morgan fingerprint density at radius 2 is 1.65 bits per heavy atom. The first-order valence-electron chi connectivity index (χ1n) is 11.6. The normalized spacial score (nSPS) is 33.6. The van der Waals surface area contributed by atoms with Gasteiger partial charge < -0.3 is 10.1 Å². The van der Waals surface area contributed by atoms with Gasteiger partial charge in [-0.15, -0.1) is 0 Å². The molecule has 0 amide bonds. The highest BCUT2D eigenvalue weighted by Crippen LogP contribution is 2.66. The summed E-state index contributed by atoms with van der Waals surface area (Å²) in [5.74, 6) is 1.61. The van der Waals surface area contributed by atoms with Gasteiger partial charge in [0.1, 0.15) is 12.4 Å². The number of nitrogens with one attached hydrogen (secondary N) is 1. The summed E-state index contributed by atoms with van der Waals surface area (Å²) in [4.78, 5) is 0. The number of benzene rings is 2. The Morgan fingerprint density at radius 1 is 0.968 bits per heavy atom. The van der Waals surface area contributed by atoms with Crippen molar-refractivity contribution in [3.05, 3.63) is 63.1 Å². The molecular formula is C27H33Cl2NO. The minimum absolute atomic E-state index is 0.228. The van der Waals surface area contributed by atoms with Crippen molar-refractivity contribution >= 4 is 23.2 Å². The fraction of sp³-hybridized carbons (Fsp3) is 0.556. The number of aryl methyl sites for hydroxylation is 1. The van der Waals surface area contributed by atoms with Crippen LogP contribution in [0.3, 0.4) is 0 Å². The Bertz CT molecular complexity index is 967. The molecule has 4 aliphatic rings. The number of ether oxygens (including phenoxy) is 1. The van der Waals surface area contributed by atoms with Crippen molar-refractivity contribution in [1.82, 2.24) is 5.32 Å². The van der Waals surface area contributed by atoms with Crippen molar-refractivity contribution in [1.29, 1.82) is 0 Å². The van der Waals surface area contributed by atoms with Crippen LogP contribution in [0.4, 0.5) is 0 Å². The molecule has 4 heteroatoms. The molecule has 4 fully saturated rings. The molecule has 0 heterocycles. The summed E-state index contributed by atoms with van der Waals surface area (Å²) >= 11 is 13.0. The van der Waals surface area contributed by atoms with Crippen LogP contribution in [0.2, 0.25) is 10.0 Å². The monoisotopic (exact) mass is 457 g/mol. The van der Waals surface area contributed by atoms with Gasteiger partial charge >= 0.3 is 0 Å². The lowest BCUT2D eigenvalue weighted by molar-refractivity contribution is -0.118. The lowest BCUT2D eigenvalue weighted by Gasteiger charge is -2.65. The summed E-state index contributed by atoms with van der Waals surface area (Å²) < 4.78 is 6.23. The Balaban J connectivity index is 1.35. The van der Waals surface area contributed by atoms with Gasteiger partial charge in [0.25, 0.3) is 0 Å². The van der Waals surface area contributed by atoms with Gasteiger partial charge in [0, 0.05) is 22.7 Å². The maximum Gasteiger partial charge on any atom is 0.142 e. The van der Waals surface area contributed by atoms with Gasteiger partial charge in [0.05, 0.1) is 5.02 Å². The zero-order chi connectivity index (χ0) is 21.9. The Hall–Kier alpha value is -1.22. The summed E-state index contributed by atoms with van der Waals surface area (Å²) in [6.07, 6.45) is 8.04. The lowest BCUT2D eigenvalue weighted by Crippen LogP contribution is -2.63. The quantitative estimate of drug-likeness (QED) is 0.479. The number of hydrogen-bond acceptors (Lipinski definition) is 2. The predicted octanol–water partition coefficient (Wildman–Crippen LogP) is 7.72. The maximum atomic E-state index is 6.59. The highest BCUT2D eigenvalue weighted by atomic mass is 35.5. The first-order valence-corrected chi connectivity index (χ1v) is 12.3. The molecule has 2 aromatic carbocycles. The third-order valence-electron chi connectivity index (χ3n) is 7.87. The van der Waals surface area contributed by atoms with E-state index in [1.807, 2.05) is 6.07 Å². The van der Waals surface area contributed by atoms with Crippen LogP contribution >= 0.6 is 23.2 Å². The van der Waals surface area contributed by atoms with Crippen LogP contribution in [0, 0.1) is 23.7 Å². The van der Waals surface area contributed by atoms with Crippen molar-refractivity contribution in [2.75, 3.05) is 0 Å². The molecule has 0 aliphatic heterocycles. The second-order valence-corrected chi connectivity index (χ2v) is 12.3. The molecule has 0 saturated heterocycles. The van der Waals surface area contributed by atoms with E-state index in [2.05, 4.69) is 50.4 Å². The van der Waals surface area contributed by atoms with Crippen LogP contribution < -0.4 is 10.1 Å². The van der Waals surface area contributed by atoms with Gasteiger partial charge in [-0.25, -0.2) is 0 Å². The van der Waals surface area contributed by atoms with Crippen LogP contribution in [0.15, 0.2) is 36.4 Å². The largest absolute Gasteiger partial charge is 0.487 e. The first kappa shape index (κ1) is 21.6. The maximum absolute atomic E-state index is 6.59. The molecule has 166 valence electrons. The molecule has 2 aromatic rings. The van der Waals surface area contributed by atoms with E-state index in [-0.39, 0.29) is 5.54 Å². The van der Waals surface area contributed by atoms with Crippen molar-refractivity contribution in [2.45, 2.75) is 78.0 Å². The fourth-order valence-electron chi connectivity index (χ4n) is 7.67. The Morgan fingerprint density at radius 3 is 2.29 bits per heavy atom. The van der Waals surface area contributed by atoms with Crippen LogP contribution in [0.5, 0.6) is 5.75 Å². The standard InChI is InChI=1S/C27H33Cl2NO/c1-18-4-6-19(7-5-18)14-31-24-21(8-22(28)9-23(24)29)13-30-27-12-20-10-25(2,16-27)15-26(3,11-20)17-27/h4-9,20,30H,10-17H2,1-3H3. The van der Waals surface area contributed by atoms with E-state index in [1.165, 1.54) is 44.1 Å². The molecule has 2 unspecified atom stereocenters. The van der Waals surface area contributed by atoms with E-state index < -0.39 is 0 Å². The van der Waals surface area contributed by atoms with E-state index in [4.69, 9.17) is 27.9 Å².